The normalized spacial score (nSPS) is 12.3. The Kier molecular flexibility index (Phi) is 2.57. The third-order valence-electron chi connectivity index (χ3n) is 6.31. The highest BCUT2D eigenvalue weighted by Crippen LogP contribution is 2.45. The lowest BCUT2D eigenvalue weighted by Crippen LogP contribution is -1.89. The number of hydrogen-bond acceptors (Lipinski definition) is 0. The maximum absolute atomic E-state index is 2.34. The maximum atomic E-state index is 2.34. The molecule has 0 unspecified atom stereocenters. The monoisotopic (exact) mass is 352 g/mol. The van der Waals surface area contributed by atoms with Crippen molar-refractivity contribution < 1.29 is 0 Å². The van der Waals surface area contributed by atoms with Crippen LogP contribution in [0.3, 0.4) is 0 Å². The summed E-state index contributed by atoms with van der Waals surface area (Å²) in [5, 5.41) is 16.2. The van der Waals surface area contributed by atoms with Gasteiger partial charge in [-0.15, -0.1) is 0 Å². The molecule has 0 saturated heterocycles. The lowest BCUT2D eigenvalue weighted by atomic mass is 9.85. The first-order chi connectivity index (χ1) is 13.9. The van der Waals surface area contributed by atoms with E-state index >= 15 is 0 Å². The van der Waals surface area contributed by atoms with E-state index in [1.807, 2.05) is 0 Å². The van der Waals surface area contributed by atoms with Gasteiger partial charge in [-0.1, -0.05) is 84.9 Å². The van der Waals surface area contributed by atoms with Crippen molar-refractivity contribution in [3.8, 4) is 0 Å². The average molecular weight is 352 g/mol. The number of fused-ring (bicyclic) bond motifs is 6. The van der Waals surface area contributed by atoms with Gasteiger partial charge in [0.05, 0.1) is 0 Å². The van der Waals surface area contributed by atoms with Crippen molar-refractivity contribution in [2.45, 2.75) is 0 Å². The van der Waals surface area contributed by atoms with Crippen LogP contribution < -0.4 is 0 Å². The van der Waals surface area contributed by atoms with E-state index in [0.29, 0.717) is 0 Å². The molecule has 0 fully saturated rings. The Morgan fingerprint density at radius 2 is 0.679 bits per heavy atom. The third kappa shape index (κ3) is 1.66. The summed E-state index contributed by atoms with van der Waals surface area (Å²) in [4.78, 5) is 0. The summed E-state index contributed by atoms with van der Waals surface area (Å²) in [5.41, 5.74) is 0. The third-order valence-corrected chi connectivity index (χ3v) is 6.31. The molecule has 28 heavy (non-hydrogen) atoms. The van der Waals surface area contributed by atoms with E-state index < -0.39 is 0 Å². The second kappa shape index (κ2) is 4.99. The molecule has 7 rings (SSSR count). The van der Waals surface area contributed by atoms with E-state index in [1.54, 1.807) is 0 Å². The predicted molar refractivity (Wildman–Crippen MR) is 123 cm³/mol. The van der Waals surface area contributed by atoms with Crippen LogP contribution in [0.25, 0.3) is 64.6 Å². The molecule has 0 aliphatic heterocycles. The lowest BCUT2D eigenvalue weighted by Gasteiger charge is -2.18. The fraction of sp³-hybridized carbons (Fsp3) is 0. The van der Waals surface area contributed by atoms with Gasteiger partial charge in [-0.25, -0.2) is 0 Å². The molecule has 0 heterocycles. The second-order valence-electron chi connectivity index (χ2n) is 7.75. The van der Waals surface area contributed by atoms with E-state index in [4.69, 9.17) is 0 Å². The minimum absolute atomic E-state index is 1.31. The Hall–Kier alpha value is -3.64. The van der Waals surface area contributed by atoms with Crippen LogP contribution in [0.2, 0.25) is 0 Å². The van der Waals surface area contributed by atoms with Crippen LogP contribution in [0, 0.1) is 0 Å². The number of benzene rings is 7. The Labute approximate surface area is 162 Å². The molecular weight excluding hydrogens is 336 g/mol. The zero-order valence-corrected chi connectivity index (χ0v) is 15.2. The maximum Gasteiger partial charge on any atom is -0.00141 e. The number of rotatable bonds is 0. The van der Waals surface area contributed by atoms with Crippen molar-refractivity contribution in [2.75, 3.05) is 0 Å². The predicted octanol–water partition coefficient (Wildman–Crippen LogP) is 8.04. The topological polar surface area (TPSA) is 0 Å². The summed E-state index contributed by atoms with van der Waals surface area (Å²) < 4.78 is 0. The van der Waals surface area contributed by atoms with Crippen molar-refractivity contribution in [3.05, 3.63) is 97.1 Å². The fourth-order valence-electron chi connectivity index (χ4n) is 5.22. The molecule has 0 aliphatic rings. The fourth-order valence-corrected chi connectivity index (χ4v) is 5.22. The van der Waals surface area contributed by atoms with E-state index in [-0.39, 0.29) is 0 Å². The lowest BCUT2D eigenvalue weighted by molar-refractivity contribution is 1.79. The van der Waals surface area contributed by atoms with Crippen molar-refractivity contribution in [3.63, 3.8) is 0 Å². The van der Waals surface area contributed by atoms with Gasteiger partial charge in [0.1, 0.15) is 0 Å². The SMILES string of the molecule is c1ccc2c(c1)cc1cccc3c1c2c1cccc2cc4ccccc4c3c21. The minimum atomic E-state index is 1.31. The van der Waals surface area contributed by atoms with Crippen LogP contribution in [0.5, 0.6) is 0 Å². The standard InChI is InChI=1S/C28H16/c1-3-11-21-17(7-1)15-19-9-5-14-24-25(19)27(21)23-13-6-10-20-16-18-8-2-4-12-22(18)28(24)26(20)23/h1-16H. The summed E-state index contributed by atoms with van der Waals surface area (Å²) in [6, 6.07) is 35.8. The molecule has 0 saturated carbocycles. The summed E-state index contributed by atoms with van der Waals surface area (Å²) in [6.45, 7) is 0. The first kappa shape index (κ1) is 14.4. The molecular formula is C28H16. The second-order valence-corrected chi connectivity index (χ2v) is 7.75. The van der Waals surface area contributed by atoms with Crippen molar-refractivity contribution in [2.24, 2.45) is 0 Å². The van der Waals surface area contributed by atoms with Crippen molar-refractivity contribution >= 4 is 64.6 Å². The summed E-state index contributed by atoms with van der Waals surface area (Å²) in [7, 11) is 0. The van der Waals surface area contributed by atoms with Crippen molar-refractivity contribution in [1.29, 1.82) is 0 Å². The molecule has 0 N–H and O–H groups in total. The largest absolute Gasteiger partial charge is 0.0616 e. The van der Waals surface area contributed by atoms with Gasteiger partial charge in [-0.3, -0.25) is 0 Å². The van der Waals surface area contributed by atoms with Gasteiger partial charge in [0.2, 0.25) is 0 Å². The highest BCUT2D eigenvalue weighted by Gasteiger charge is 2.16. The Bertz CT molecular complexity index is 1570. The van der Waals surface area contributed by atoms with Gasteiger partial charge in [-0.2, -0.15) is 0 Å². The minimum Gasteiger partial charge on any atom is -0.0616 e. The molecule has 0 aliphatic carbocycles. The molecule has 128 valence electrons. The molecule has 7 aromatic carbocycles. The molecule has 0 atom stereocenters. The van der Waals surface area contributed by atoms with E-state index in [9.17, 15) is 0 Å². The molecule has 0 radical (unpaired) electrons. The van der Waals surface area contributed by atoms with Gasteiger partial charge < -0.3 is 0 Å². The first-order valence-corrected chi connectivity index (χ1v) is 9.80. The van der Waals surface area contributed by atoms with E-state index in [0.717, 1.165) is 0 Å². The van der Waals surface area contributed by atoms with Crippen LogP contribution >= 0.6 is 0 Å². The molecule has 0 amide bonds. The Morgan fingerprint density at radius 3 is 1.18 bits per heavy atom. The highest BCUT2D eigenvalue weighted by molar-refractivity contribution is 6.41. The molecule has 0 spiro atoms. The van der Waals surface area contributed by atoms with Gasteiger partial charge >= 0.3 is 0 Å². The first-order valence-electron chi connectivity index (χ1n) is 9.80. The summed E-state index contributed by atoms with van der Waals surface area (Å²) in [5.74, 6) is 0. The van der Waals surface area contributed by atoms with E-state index in [2.05, 4.69) is 97.1 Å². The molecule has 0 heteroatoms. The quantitative estimate of drug-likeness (QED) is 0.191. The Morgan fingerprint density at radius 1 is 0.286 bits per heavy atom. The smallest absolute Gasteiger partial charge is 0.00141 e. The van der Waals surface area contributed by atoms with Crippen LogP contribution in [0.1, 0.15) is 0 Å². The molecule has 0 aromatic heterocycles. The molecule has 0 bridgehead atoms. The van der Waals surface area contributed by atoms with E-state index in [1.165, 1.54) is 64.6 Å². The molecule has 0 nitrogen and oxygen atoms in total. The Balaban J connectivity index is 1.98. The average Bonchev–Trinajstić information content (AvgIpc) is 2.75. The van der Waals surface area contributed by atoms with Gasteiger partial charge in [0, 0.05) is 0 Å². The van der Waals surface area contributed by atoms with Gasteiger partial charge in [0.25, 0.3) is 0 Å². The van der Waals surface area contributed by atoms with Crippen molar-refractivity contribution in [1.82, 2.24) is 0 Å². The highest BCUT2D eigenvalue weighted by atomic mass is 14.2. The number of hydrogen-bond donors (Lipinski definition) is 0. The zero-order chi connectivity index (χ0) is 18.2. The van der Waals surface area contributed by atoms with Crippen LogP contribution in [-0.4, -0.2) is 0 Å². The molecule has 7 aromatic rings. The van der Waals surface area contributed by atoms with Gasteiger partial charge in [0.15, 0.2) is 0 Å². The van der Waals surface area contributed by atoms with Crippen LogP contribution in [0.4, 0.5) is 0 Å². The van der Waals surface area contributed by atoms with Gasteiger partial charge in [-0.05, 0) is 76.8 Å². The zero-order valence-electron chi connectivity index (χ0n) is 15.2. The summed E-state index contributed by atoms with van der Waals surface area (Å²) >= 11 is 0. The van der Waals surface area contributed by atoms with Crippen LogP contribution in [0.15, 0.2) is 97.1 Å². The summed E-state index contributed by atoms with van der Waals surface area (Å²) in [6.07, 6.45) is 0. The van der Waals surface area contributed by atoms with Crippen LogP contribution in [-0.2, 0) is 0 Å².